The topological polar surface area (TPSA) is 72.8 Å². The fourth-order valence-corrected chi connectivity index (χ4v) is 6.29. The van der Waals surface area contributed by atoms with Gasteiger partial charge in [0.1, 0.15) is 0 Å². The van der Waals surface area contributed by atoms with Crippen LogP contribution in [0.1, 0.15) is 96.6 Å². The zero-order valence-corrected chi connectivity index (χ0v) is 30.1. The predicted octanol–water partition coefficient (Wildman–Crippen LogP) is 10.5. The van der Waals surface area contributed by atoms with Crippen LogP contribution in [0.15, 0.2) is 85.0 Å². The van der Waals surface area contributed by atoms with E-state index in [1.54, 1.807) is 6.92 Å². The van der Waals surface area contributed by atoms with E-state index < -0.39 is 0 Å². The average Bonchev–Trinajstić information content (AvgIpc) is 3.08. The number of hydrogen-bond donors (Lipinski definition) is 1. The molecule has 0 aromatic heterocycles. The molecule has 0 radical (unpaired) electrons. The average molecular weight is 657 g/mol. The Kier molecular flexibility index (Phi) is 19.9. The van der Waals surface area contributed by atoms with Gasteiger partial charge in [-0.2, -0.15) is 0 Å². The van der Waals surface area contributed by atoms with Gasteiger partial charge in [0.25, 0.3) is 12.9 Å². The van der Waals surface area contributed by atoms with Crippen molar-refractivity contribution < 1.29 is 24.2 Å². The number of aryl methyl sites for hydroxylation is 1. The first-order valence-corrected chi connectivity index (χ1v) is 17.8. The smallest absolute Gasteiger partial charge is 0.293 e. The Bertz CT molecular complexity index is 1350. The Balaban J connectivity index is 0.000000789. The second-order valence-corrected chi connectivity index (χ2v) is 13.8. The van der Waals surface area contributed by atoms with Crippen LogP contribution in [-0.2, 0) is 31.9 Å². The lowest BCUT2D eigenvalue weighted by Gasteiger charge is -2.28. The van der Waals surface area contributed by atoms with Crippen LogP contribution >= 0.6 is 0 Å². The third-order valence-corrected chi connectivity index (χ3v) is 8.78. The van der Waals surface area contributed by atoms with Gasteiger partial charge in [-0.15, -0.1) is 6.58 Å². The first kappa shape index (κ1) is 40.5. The molecule has 262 valence electrons. The maximum atomic E-state index is 10.6. The van der Waals surface area contributed by atoms with Crippen LogP contribution in [-0.4, -0.2) is 37.9 Å². The second-order valence-electron chi connectivity index (χ2n) is 13.8. The van der Waals surface area contributed by atoms with E-state index >= 15 is 0 Å². The number of unbranched alkanes of at least 4 members (excludes halogenated alkanes) is 1. The van der Waals surface area contributed by atoms with Crippen molar-refractivity contribution in [2.24, 2.45) is 17.8 Å². The van der Waals surface area contributed by atoms with Gasteiger partial charge < -0.3 is 14.6 Å². The summed E-state index contributed by atoms with van der Waals surface area (Å²) in [4.78, 5) is 21.1. The van der Waals surface area contributed by atoms with E-state index in [0.717, 1.165) is 23.0 Å². The van der Waals surface area contributed by atoms with Crippen molar-refractivity contribution in [1.82, 2.24) is 0 Å². The highest BCUT2D eigenvalue weighted by atomic mass is 16.5. The number of carbonyl (C=O) groups excluding carboxylic acids is 2. The lowest BCUT2D eigenvalue weighted by atomic mass is 9.78. The zero-order chi connectivity index (χ0) is 35.1. The Morgan fingerprint density at radius 2 is 1.27 bits per heavy atom. The maximum absolute atomic E-state index is 10.6. The number of rotatable bonds is 17. The molecule has 48 heavy (non-hydrogen) atoms. The first-order valence-electron chi connectivity index (χ1n) is 17.8. The minimum Gasteiger partial charge on any atom is -0.467 e. The van der Waals surface area contributed by atoms with E-state index in [-0.39, 0.29) is 25.7 Å². The largest absolute Gasteiger partial charge is 0.467 e. The van der Waals surface area contributed by atoms with Crippen LogP contribution in [0.5, 0.6) is 0 Å². The molecule has 0 aliphatic heterocycles. The molecule has 1 saturated carbocycles. The van der Waals surface area contributed by atoms with Crippen LogP contribution in [0.3, 0.4) is 0 Å². The van der Waals surface area contributed by atoms with Gasteiger partial charge in [0.05, 0.1) is 19.8 Å². The minimum absolute atomic E-state index is 0.0633. The summed E-state index contributed by atoms with van der Waals surface area (Å²) in [5, 5.41) is 10.6. The number of aliphatic hydroxyl groups excluding tert-OH is 1. The van der Waals surface area contributed by atoms with Gasteiger partial charge in [-0.3, -0.25) is 9.59 Å². The molecule has 5 nitrogen and oxygen atoms in total. The molecule has 0 spiro atoms. The van der Waals surface area contributed by atoms with Gasteiger partial charge >= 0.3 is 0 Å². The normalized spacial score (nSPS) is 15.4. The molecule has 0 amide bonds. The number of carbonyl (C=O) groups is 2. The van der Waals surface area contributed by atoms with Gasteiger partial charge in [0.2, 0.25) is 0 Å². The van der Waals surface area contributed by atoms with Crippen LogP contribution < -0.4 is 0 Å². The Labute approximate surface area is 290 Å². The van der Waals surface area contributed by atoms with Gasteiger partial charge in [-0.05, 0) is 91.0 Å². The van der Waals surface area contributed by atoms with Crippen LogP contribution in [0.2, 0.25) is 0 Å². The molecule has 3 aromatic rings. The van der Waals surface area contributed by atoms with E-state index in [2.05, 4.69) is 80.7 Å². The third-order valence-electron chi connectivity index (χ3n) is 8.78. The Hall–Kier alpha value is -3.70. The molecular weight excluding hydrogens is 596 g/mol. The van der Waals surface area contributed by atoms with E-state index in [0.29, 0.717) is 19.4 Å². The molecule has 0 bridgehead atoms. The summed E-state index contributed by atoms with van der Waals surface area (Å²) in [6, 6.07) is 22.1. The molecule has 4 rings (SSSR count). The third kappa shape index (κ3) is 16.4. The van der Waals surface area contributed by atoms with Crippen molar-refractivity contribution in [2.45, 2.75) is 98.3 Å². The summed E-state index contributed by atoms with van der Waals surface area (Å²) in [6.07, 6.45) is 14.5. The van der Waals surface area contributed by atoms with E-state index in [1.165, 1.54) is 97.2 Å². The number of aliphatic hydroxyl groups is 1. The maximum Gasteiger partial charge on any atom is 0.293 e. The molecule has 1 aliphatic rings. The van der Waals surface area contributed by atoms with Gasteiger partial charge in [-0.1, -0.05) is 131 Å². The van der Waals surface area contributed by atoms with Crippen molar-refractivity contribution in [2.75, 3.05) is 19.8 Å². The minimum atomic E-state index is -0.0633. The van der Waals surface area contributed by atoms with Crippen molar-refractivity contribution in [1.29, 1.82) is 0 Å². The van der Waals surface area contributed by atoms with E-state index in [4.69, 9.17) is 14.6 Å². The molecule has 3 aromatic carbocycles. The highest BCUT2D eigenvalue weighted by Crippen LogP contribution is 2.34. The SMILES string of the molecule is C=C(C)C.C=C(C)CO.CCCC1CCC(CCCCc2ccc3cc(-c4ccc(CC(COC=O)COC=O)cc4)ccc3c2)CC1. The molecule has 0 saturated heterocycles. The molecule has 0 heterocycles. The standard InChI is InChI=1S/C35H44O4.C4H8O.C4H8/c1-2-5-27-8-10-28(11-9-27)6-3-4-7-29-14-17-35-22-34(19-18-33(35)21-29)32-15-12-30(13-16-32)20-31(23-38-25-36)24-39-26-37;1-4(2)3-5;1-4(2)3/h12-19,21-22,25-28,31H,2-11,20,23-24H2,1H3;5H,1,3H2,2H3;1H2,2-3H3. The fraction of sp³-hybridized carbons (Fsp3) is 0.488. The lowest BCUT2D eigenvalue weighted by molar-refractivity contribution is -0.133. The summed E-state index contributed by atoms with van der Waals surface area (Å²) in [5.41, 5.74) is 6.89. The summed E-state index contributed by atoms with van der Waals surface area (Å²) >= 11 is 0. The number of fused-ring (bicyclic) bond motifs is 1. The number of benzene rings is 3. The number of allylic oxidation sites excluding steroid dienone is 1. The zero-order valence-electron chi connectivity index (χ0n) is 30.1. The monoisotopic (exact) mass is 656 g/mol. The summed E-state index contributed by atoms with van der Waals surface area (Å²) < 4.78 is 9.79. The fourth-order valence-electron chi connectivity index (χ4n) is 6.29. The number of ether oxygens (including phenoxy) is 2. The molecular formula is C43H60O5. The molecule has 1 aliphatic carbocycles. The molecule has 0 atom stereocenters. The van der Waals surface area contributed by atoms with Gasteiger partial charge in [-0.25, -0.2) is 0 Å². The highest BCUT2D eigenvalue weighted by molar-refractivity contribution is 5.87. The molecule has 5 heteroatoms. The first-order chi connectivity index (χ1) is 23.2. The van der Waals surface area contributed by atoms with E-state index in [1.807, 2.05) is 13.8 Å². The lowest BCUT2D eigenvalue weighted by Crippen LogP contribution is -2.18. The number of hydrogen-bond acceptors (Lipinski definition) is 5. The van der Waals surface area contributed by atoms with Crippen LogP contribution in [0.4, 0.5) is 0 Å². The summed E-state index contributed by atoms with van der Waals surface area (Å²) in [5.74, 6) is 1.91. The van der Waals surface area contributed by atoms with Crippen molar-refractivity contribution in [3.63, 3.8) is 0 Å². The Morgan fingerprint density at radius 3 is 1.81 bits per heavy atom. The molecule has 0 unspecified atom stereocenters. The van der Waals surface area contributed by atoms with Crippen LogP contribution in [0, 0.1) is 17.8 Å². The van der Waals surface area contributed by atoms with E-state index in [9.17, 15) is 9.59 Å². The second kappa shape index (κ2) is 23.6. The highest BCUT2D eigenvalue weighted by Gasteiger charge is 2.20. The van der Waals surface area contributed by atoms with Gasteiger partial charge in [0, 0.05) is 5.92 Å². The Morgan fingerprint density at radius 1 is 0.771 bits per heavy atom. The van der Waals surface area contributed by atoms with Crippen molar-refractivity contribution in [3.05, 3.63) is 96.1 Å². The van der Waals surface area contributed by atoms with Gasteiger partial charge in [0.15, 0.2) is 0 Å². The molecule has 1 fully saturated rings. The predicted molar refractivity (Wildman–Crippen MR) is 201 cm³/mol. The quantitative estimate of drug-likeness (QED) is 0.0889. The van der Waals surface area contributed by atoms with Crippen molar-refractivity contribution in [3.8, 4) is 11.1 Å². The summed E-state index contributed by atoms with van der Waals surface area (Å²) in [6.45, 7) is 16.4. The van der Waals surface area contributed by atoms with Crippen molar-refractivity contribution >= 4 is 23.7 Å². The summed E-state index contributed by atoms with van der Waals surface area (Å²) in [7, 11) is 0. The molecule has 1 N–H and O–H groups in total. The van der Waals surface area contributed by atoms with Crippen LogP contribution in [0.25, 0.3) is 21.9 Å².